The summed E-state index contributed by atoms with van der Waals surface area (Å²) in [7, 11) is 0. The lowest BCUT2D eigenvalue weighted by Gasteiger charge is -2.32. The Labute approximate surface area is 105 Å². The van der Waals surface area contributed by atoms with Gasteiger partial charge in [0.15, 0.2) is 0 Å². The molecule has 1 aliphatic carbocycles. The van der Waals surface area contributed by atoms with Crippen molar-refractivity contribution in [2.75, 3.05) is 5.32 Å². The summed E-state index contributed by atoms with van der Waals surface area (Å²) in [6.45, 7) is 2.04. The van der Waals surface area contributed by atoms with Crippen molar-refractivity contribution in [3.8, 4) is 0 Å². The first kappa shape index (κ1) is 12.5. The van der Waals surface area contributed by atoms with Crippen molar-refractivity contribution < 1.29 is 9.72 Å². The van der Waals surface area contributed by atoms with E-state index in [-0.39, 0.29) is 11.7 Å². The van der Waals surface area contributed by atoms with Crippen LogP contribution >= 0.6 is 0 Å². The molecular weight excluding hydrogens is 232 g/mol. The van der Waals surface area contributed by atoms with E-state index in [1.54, 1.807) is 12.1 Å². The number of hydrogen-bond acceptors (Lipinski definition) is 4. The molecular formula is C13H16N2O3. The van der Waals surface area contributed by atoms with Gasteiger partial charge < -0.3 is 5.32 Å². The largest absolute Gasteiger partial charge is 0.377 e. The summed E-state index contributed by atoms with van der Waals surface area (Å²) in [4.78, 5) is 21.2. The van der Waals surface area contributed by atoms with Gasteiger partial charge in [0.2, 0.25) is 0 Å². The molecule has 0 saturated heterocycles. The predicted octanol–water partition coefficient (Wildman–Crippen LogP) is 3.01. The molecule has 1 saturated carbocycles. The topological polar surface area (TPSA) is 72.2 Å². The first-order valence-corrected chi connectivity index (χ1v) is 6.12. The van der Waals surface area contributed by atoms with Gasteiger partial charge in [-0.15, -0.1) is 0 Å². The van der Waals surface area contributed by atoms with Crippen molar-refractivity contribution >= 4 is 17.7 Å². The molecule has 1 fully saturated rings. The van der Waals surface area contributed by atoms with E-state index in [4.69, 9.17) is 0 Å². The van der Waals surface area contributed by atoms with Crippen LogP contribution in [0.4, 0.5) is 11.4 Å². The quantitative estimate of drug-likeness (QED) is 0.494. The van der Waals surface area contributed by atoms with Crippen molar-refractivity contribution in [1.82, 2.24) is 0 Å². The Hall–Kier alpha value is -1.91. The van der Waals surface area contributed by atoms with Crippen LogP contribution in [-0.2, 0) is 0 Å². The minimum atomic E-state index is -0.456. The molecule has 5 nitrogen and oxygen atoms in total. The number of carbonyl (C=O) groups excluding carboxylic acids is 1. The van der Waals surface area contributed by atoms with Crippen molar-refractivity contribution in [3.63, 3.8) is 0 Å². The van der Waals surface area contributed by atoms with Gasteiger partial charge in [-0.05, 0) is 37.8 Å². The molecule has 1 atom stereocenters. The third-order valence-corrected chi connectivity index (χ3v) is 3.59. The SMILES string of the molecule is CC(Nc1ccc(C=O)cc1[N+](=O)[O-])C1CCC1. The van der Waals surface area contributed by atoms with Gasteiger partial charge >= 0.3 is 0 Å². The second-order valence-corrected chi connectivity index (χ2v) is 4.78. The van der Waals surface area contributed by atoms with Crippen LogP contribution in [0, 0.1) is 16.0 Å². The van der Waals surface area contributed by atoms with Gasteiger partial charge in [0.25, 0.3) is 5.69 Å². The number of rotatable bonds is 5. The fourth-order valence-corrected chi connectivity index (χ4v) is 2.20. The number of hydrogen-bond donors (Lipinski definition) is 1. The summed E-state index contributed by atoms with van der Waals surface area (Å²) >= 11 is 0. The smallest absolute Gasteiger partial charge is 0.293 e. The Bertz CT molecular complexity index is 469. The Morgan fingerprint density at radius 1 is 1.50 bits per heavy atom. The molecule has 0 heterocycles. The standard InChI is InChI=1S/C13H16N2O3/c1-9(11-3-2-4-11)14-12-6-5-10(8-16)7-13(12)15(17)18/h5-9,11,14H,2-4H2,1H3. The second-order valence-electron chi connectivity index (χ2n) is 4.78. The molecule has 1 N–H and O–H groups in total. The van der Waals surface area contributed by atoms with Crippen LogP contribution in [0.1, 0.15) is 36.5 Å². The molecule has 1 aromatic carbocycles. The molecule has 1 unspecified atom stereocenters. The van der Waals surface area contributed by atoms with Crippen LogP contribution in [0.15, 0.2) is 18.2 Å². The fourth-order valence-electron chi connectivity index (χ4n) is 2.20. The number of aldehydes is 1. The highest BCUT2D eigenvalue weighted by atomic mass is 16.6. The average molecular weight is 248 g/mol. The molecule has 18 heavy (non-hydrogen) atoms. The first-order valence-electron chi connectivity index (χ1n) is 6.12. The van der Waals surface area contributed by atoms with Crippen molar-refractivity contribution in [1.29, 1.82) is 0 Å². The van der Waals surface area contributed by atoms with E-state index >= 15 is 0 Å². The number of nitrogens with zero attached hydrogens (tertiary/aromatic N) is 1. The van der Waals surface area contributed by atoms with Gasteiger partial charge in [0.05, 0.1) is 4.92 Å². The Balaban J connectivity index is 2.20. The highest BCUT2D eigenvalue weighted by Gasteiger charge is 2.25. The van der Waals surface area contributed by atoms with Gasteiger partial charge in [-0.3, -0.25) is 14.9 Å². The number of anilines is 1. The lowest BCUT2D eigenvalue weighted by molar-refractivity contribution is -0.384. The summed E-state index contributed by atoms with van der Waals surface area (Å²) in [5.41, 5.74) is 0.777. The molecule has 0 amide bonds. The molecule has 5 heteroatoms. The fraction of sp³-hybridized carbons (Fsp3) is 0.462. The summed E-state index contributed by atoms with van der Waals surface area (Å²) in [5.74, 6) is 0.593. The van der Waals surface area contributed by atoms with Crippen molar-refractivity contribution in [2.24, 2.45) is 5.92 Å². The molecule has 0 aliphatic heterocycles. The maximum atomic E-state index is 11.0. The van der Waals surface area contributed by atoms with Gasteiger partial charge in [-0.1, -0.05) is 6.42 Å². The van der Waals surface area contributed by atoms with Gasteiger partial charge in [0.1, 0.15) is 12.0 Å². The Morgan fingerprint density at radius 3 is 2.72 bits per heavy atom. The van der Waals surface area contributed by atoms with Crippen LogP contribution in [-0.4, -0.2) is 17.3 Å². The normalized spacial score (nSPS) is 16.7. The van der Waals surface area contributed by atoms with Crippen LogP contribution in [0.3, 0.4) is 0 Å². The van der Waals surface area contributed by atoms with Crippen molar-refractivity contribution in [3.05, 3.63) is 33.9 Å². The molecule has 0 aromatic heterocycles. The molecule has 2 rings (SSSR count). The second kappa shape index (κ2) is 5.16. The molecule has 1 aliphatic rings. The first-order chi connectivity index (χ1) is 8.61. The zero-order chi connectivity index (χ0) is 13.1. The molecule has 96 valence electrons. The molecule has 1 aromatic rings. The van der Waals surface area contributed by atoms with E-state index < -0.39 is 4.92 Å². The van der Waals surface area contributed by atoms with Crippen LogP contribution in [0.25, 0.3) is 0 Å². The van der Waals surface area contributed by atoms with Gasteiger partial charge in [-0.2, -0.15) is 0 Å². The van der Waals surface area contributed by atoms with E-state index in [2.05, 4.69) is 5.32 Å². The zero-order valence-corrected chi connectivity index (χ0v) is 10.3. The summed E-state index contributed by atoms with van der Waals surface area (Å²) in [6, 6.07) is 4.73. The lowest BCUT2D eigenvalue weighted by Crippen LogP contribution is -2.31. The lowest BCUT2D eigenvalue weighted by atomic mass is 9.80. The maximum absolute atomic E-state index is 11.0. The number of nitro groups is 1. The van der Waals surface area contributed by atoms with Crippen LogP contribution < -0.4 is 5.32 Å². The van der Waals surface area contributed by atoms with Crippen LogP contribution in [0.5, 0.6) is 0 Å². The van der Waals surface area contributed by atoms with E-state index in [1.807, 2.05) is 6.92 Å². The molecule has 0 spiro atoms. The number of carbonyl (C=O) groups is 1. The van der Waals surface area contributed by atoms with E-state index in [0.717, 1.165) is 0 Å². The summed E-state index contributed by atoms with van der Waals surface area (Å²) in [5, 5.41) is 14.2. The van der Waals surface area contributed by atoms with Crippen LogP contribution in [0.2, 0.25) is 0 Å². The minimum absolute atomic E-state index is 0.0363. The highest BCUT2D eigenvalue weighted by Crippen LogP contribution is 2.33. The highest BCUT2D eigenvalue weighted by molar-refractivity contribution is 5.79. The van der Waals surface area contributed by atoms with Gasteiger partial charge in [-0.25, -0.2) is 0 Å². The Morgan fingerprint density at radius 2 is 2.22 bits per heavy atom. The maximum Gasteiger partial charge on any atom is 0.293 e. The minimum Gasteiger partial charge on any atom is -0.377 e. The predicted molar refractivity (Wildman–Crippen MR) is 68.9 cm³/mol. The average Bonchev–Trinajstić information content (AvgIpc) is 2.26. The van der Waals surface area contributed by atoms with E-state index in [9.17, 15) is 14.9 Å². The number of nitro benzene ring substituents is 1. The zero-order valence-electron chi connectivity index (χ0n) is 10.3. The van der Waals surface area contributed by atoms with Crippen molar-refractivity contribution in [2.45, 2.75) is 32.2 Å². The van der Waals surface area contributed by atoms with E-state index in [0.29, 0.717) is 23.5 Å². The van der Waals surface area contributed by atoms with Gasteiger partial charge in [0, 0.05) is 17.7 Å². The number of nitrogens with one attached hydrogen (secondary N) is 1. The Kier molecular flexibility index (Phi) is 3.60. The molecule has 0 bridgehead atoms. The monoisotopic (exact) mass is 248 g/mol. The van der Waals surface area contributed by atoms with E-state index in [1.165, 1.54) is 25.3 Å². The molecule has 0 radical (unpaired) electrons. The third kappa shape index (κ3) is 2.50. The number of benzene rings is 1. The summed E-state index contributed by atoms with van der Waals surface area (Å²) < 4.78 is 0. The summed E-state index contributed by atoms with van der Waals surface area (Å²) in [6.07, 6.45) is 4.21. The third-order valence-electron chi connectivity index (χ3n) is 3.59.